The van der Waals surface area contributed by atoms with Crippen LogP contribution in [0.1, 0.15) is 17.5 Å². The molecule has 2 aromatic heterocycles. The van der Waals surface area contributed by atoms with E-state index in [1.165, 1.54) is 0 Å². The predicted molar refractivity (Wildman–Crippen MR) is 103 cm³/mol. The zero-order chi connectivity index (χ0) is 18.8. The highest BCUT2D eigenvalue weighted by Gasteiger charge is 2.18. The maximum absolute atomic E-state index is 12.5. The number of aromatic nitrogens is 2. The van der Waals surface area contributed by atoms with Crippen LogP contribution >= 0.6 is 15.9 Å². The van der Waals surface area contributed by atoms with Crippen LogP contribution in [-0.2, 0) is 0 Å². The van der Waals surface area contributed by atoms with Gasteiger partial charge in [0.2, 0.25) is 5.89 Å². The molecule has 0 saturated heterocycles. The van der Waals surface area contributed by atoms with E-state index in [0.29, 0.717) is 23.8 Å². The third-order valence-corrected chi connectivity index (χ3v) is 4.24. The van der Waals surface area contributed by atoms with E-state index in [2.05, 4.69) is 31.4 Å². The van der Waals surface area contributed by atoms with Gasteiger partial charge in [-0.3, -0.25) is 10.1 Å². The lowest BCUT2D eigenvalue weighted by molar-refractivity contribution is 0.0995. The van der Waals surface area contributed by atoms with E-state index < -0.39 is 5.91 Å². The number of furan rings is 1. The number of ether oxygens (including phenoxy) is 1. The maximum Gasteiger partial charge on any atom is 0.322 e. The number of carbonyl (C=O) groups is 1. The van der Waals surface area contributed by atoms with Crippen molar-refractivity contribution in [3.63, 3.8) is 0 Å². The fourth-order valence-electron chi connectivity index (χ4n) is 2.59. The van der Waals surface area contributed by atoms with Crippen LogP contribution in [0.15, 0.2) is 61.8 Å². The number of para-hydroxylation sites is 1. The van der Waals surface area contributed by atoms with Gasteiger partial charge in [0.1, 0.15) is 0 Å². The summed E-state index contributed by atoms with van der Waals surface area (Å²) in [4.78, 5) is 12.5. The quantitative estimate of drug-likeness (QED) is 0.487. The van der Waals surface area contributed by atoms with Gasteiger partial charge in [0.25, 0.3) is 5.91 Å². The van der Waals surface area contributed by atoms with Crippen LogP contribution in [0.5, 0.6) is 5.75 Å². The van der Waals surface area contributed by atoms with Crippen molar-refractivity contribution < 1.29 is 18.4 Å². The van der Waals surface area contributed by atoms with Gasteiger partial charge < -0.3 is 13.6 Å². The van der Waals surface area contributed by atoms with Gasteiger partial charge in [0, 0.05) is 15.4 Å². The number of fused-ring (bicyclic) bond motifs is 1. The second kappa shape index (κ2) is 7.24. The lowest BCUT2D eigenvalue weighted by atomic mass is 10.2. The number of amides is 1. The van der Waals surface area contributed by atoms with Crippen LogP contribution in [0, 0.1) is 0 Å². The van der Waals surface area contributed by atoms with Crippen LogP contribution in [0.2, 0.25) is 0 Å². The van der Waals surface area contributed by atoms with Gasteiger partial charge in [-0.15, -0.1) is 5.10 Å². The molecule has 1 amide bonds. The third-order valence-electron chi connectivity index (χ3n) is 3.75. The monoisotopic (exact) mass is 427 g/mol. The Morgan fingerprint density at radius 2 is 2.00 bits per heavy atom. The maximum atomic E-state index is 12.5. The Balaban J connectivity index is 1.56. The molecule has 0 spiro atoms. The molecule has 0 aliphatic heterocycles. The Hall–Kier alpha value is -3.13. The summed E-state index contributed by atoms with van der Waals surface area (Å²) in [6.07, 6.45) is 0. The van der Waals surface area contributed by atoms with E-state index in [0.717, 1.165) is 15.4 Å². The largest absolute Gasteiger partial charge is 0.490 e. The molecule has 0 unspecified atom stereocenters. The molecule has 0 aliphatic rings. The average molecular weight is 428 g/mol. The minimum Gasteiger partial charge on any atom is -0.490 e. The summed E-state index contributed by atoms with van der Waals surface area (Å²) in [7, 11) is 0. The van der Waals surface area contributed by atoms with Crippen molar-refractivity contribution in [1.29, 1.82) is 0 Å². The summed E-state index contributed by atoms with van der Waals surface area (Å²) in [5.41, 5.74) is 1.26. The molecule has 7 nitrogen and oxygen atoms in total. The number of rotatable bonds is 5. The van der Waals surface area contributed by atoms with Crippen LogP contribution in [0.3, 0.4) is 0 Å². The van der Waals surface area contributed by atoms with Crippen molar-refractivity contribution in [1.82, 2.24) is 10.2 Å². The number of nitrogens with zero attached hydrogens (tertiary/aromatic N) is 2. The van der Waals surface area contributed by atoms with Crippen molar-refractivity contribution in [3.05, 3.63) is 58.8 Å². The second-order valence-corrected chi connectivity index (χ2v) is 6.51. The van der Waals surface area contributed by atoms with E-state index in [9.17, 15) is 4.79 Å². The Morgan fingerprint density at radius 1 is 1.15 bits per heavy atom. The fourth-order valence-corrected chi connectivity index (χ4v) is 2.99. The number of anilines is 1. The molecule has 4 aromatic rings. The fraction of sp³-hybridized carbons (Fsp3) is 0.105. The summed E-state index contributed by atoms with van der Waals surface area (Å²) in [6, 6.07) is 14.5. The summed E-state index contributed by atoms with van der Waals surface area (Å²) in [5.74, 6) is 0.524. The average Bonchev–Trinajstić information content (AvgIpc) is 3.29. The van der Waals surface area contributed by atoms with Gasteiger partial charge in [-0.25, -0.2) is 0 Å². The minimum atomic E-state index is -0.488. The van der Waals surface area contributed by atoms with Crippen molar-refractivity contribution in [2.75, 3.05) is 11.9 Å². The van der Waals surface area contributed by atoms with E-state index in [1.54, 1.807) is 12.1 Å². The molecule has 2 aromatic carbocycles. The normalized spacial score (nSPS) is 10.9. The molecule has 8 heteroatoms. The zero-order valence-electron chi connectivity index (χ0n) is 14.2. The highest BCUT2D eigenvalue weighted by Crippen LogP contribution is 2.29. The third kappa shape index (κ3) is 3.56. The van der Waals surface area contributed by atoms with Crippen LogP contribution in [-0.4, -0.2) is 22.7 Å². The van der Waals surface area contributed by atoms with Gasteiger partial charge in [-0.05, 0) is 37.3 Å². The molecule has 1 N–H and O–H groups in total. The van der Waals surface area contributed by atoms with Crippen molar-refractivity contribution in [2.45, 2.75) is 6.92 Å². The first-order chi connectivity index (χ1) is 13.1. The first kappa shape index (κ1) is 17.3. The second-order valence-electron chi connectivity index (χ2n) is 5.60. The first-order valence-electron chi connectivity index (χ1n) is 8.20. The molecular weight excluding hydrogens is 414 g/mol. The van der Waals surface area contributed by atoms with E-state index in [-0.39, 0.29) is 11.8 Å². The van der Waals surface area contributed by atoms with Gasteiger partial charge in [0.05, 0.1) is 6.61 Å². The Morgan fingerprint density at radius 3 is 2.81 bits per heavy atom. The summed E-state index contributed by atoms with van der Waals surface area (Å²) < 4.78 is 17.6. The van der Waals surface area contributed by atoms with Gasteiger partial charge in [0.15, 0.2) is 17.1 Å². The standard InChI is InChI=1S/C19H14BrN3O4/c1-2-25-14-8-4-5-11-10-15(26-16(11)14)17(24)21-19-23-22-18(27-19)12-6-3-7-13(20)9-12/h3-10H,2H2,1H3,(H,21,23,24). The molecule has 4 rings (SSSR count). The van der Waals surface area contributed by atoms with Crippen LogP contribution in [0.25, 0.3) is 22.4 Å². The molecule has 0 radical (unpaired) electrons. The molecule has 0 bridgehead atoms. The zero-order valence-corrected chi connectivity index (χ0v) is 15.8. The molecule has 136 valence electrons. The first-order valence-corrected chi connectivity index (χ1v) is 8.99. The Kier molecular flexibility index (Phi) is 4.64. The molecule has 0 saturated carbocycles. The summed E-state index contributed by atoms with van der Waals surface area (Å²) in [5, 5.41) is 11.1. The van der Waals surface area contributed by atoms with Crippen molar-refractivity contribution in [2.24, 2.45) is 0 Å². The molecule has 0 atom stereocenters. The SMILES string of the molecule is CCOc1cccc2cc(C(=O)Nc3nnc(-c4cccc(Br)c4)o3)oc12. The highest BCUT2D eigenvalue weighted by atomic mass is 79.9. The number of hydrogen-bond donors (Lipinski definition) is 1. The summed E-state index contributed by atoms with van der Waals surface area (Å²) in [6.45, 7) is 2.38. The van der Waals surface area contributed by atoms with Gasteiger partial charge in [-0.1, -0.05) is 39.2 Å². The van der Waals surface area contributed by atoms with Gasteiger partial charge in [-0.2, -0.15) is 0 Å². The number of hydrogen-bond acceptors (Lipinski definition) is 6. The Bertz CT molecular complexity index is 1120. The van der Waals surface area contributed by atoms with Crippen LogP contribution < -0.4 is 10.1 Å². The van der Waals surface area contributed by atoms with E-state index >= 15 is 0 Å². The molecule has 2 heterocycles. The van der Waals surface area contributed by atoms with E-state index in [1.807, 2.05) is 43.3 Å². The molecule has 27 heavy (non-hydrogen) atoms. The minimum absolute atomic E-state index is 0.0135. The van der Waals surface area contributed by atoms with E-state index in [4.69, 9.17) is 13.6 Å². The lowest BCUT2D eigenvalue weighted by Gasteiger charge is -2.02. The Labute approximate surface area is 162 Å². The number of carbonyl (C=O) groups excluding carboxylic acids is 1. The molecule has 0 fully saturated rings. The van der Waals surface area contributed by atoms with Crippen molar-refractivity contribution in [3.8, 4) is 17.2 Å². The van der Waals surface area contributed by atoms with Crippen LogP contribution in [0.4, 0.5) is 6.01 Å². The molecule has 0 aliphatic carbocycles. The number of halogens is 1. The smallest absolute Gasteiger partial charge is 0.322 e. The number of nitrogens with one attached hydrogen (secondary N) is 1. The van der Waals surface area contributed by atoms with Gasteiger partial charge >= 0.3 is 6.01 Å². The topological polar surface area (TPSA) is 90.4 Å². The number of benzene rings is 2. The summed E-state index contributed by atoms with van der Waals surface area (Å²) >= 11 is 3.39. The lowest BCUT2D eigenvalue weighted by Crippen LogP contribution is -2.10. The van der Waals surface area contributed by atoms with Crippen molar-refractivity contribution >= 4 is 38.8 Å². The predicted octanol–water partition coefficient (Wildman–Crippen LogP) is 4.90. The molecular formula is C19H14BrN3O4. The highest BCUT2D eigenvalue weighted by molar-refractivity contribution is 9.10.